The number of amides is 1. The third kappa shape index (κ3) is 2.62. The molecule has 0 aliphatic carbocycles. The molecular weight excluding hydrogens is 286 g/mol. The van der Waals surface area contributed by atoms with Crippen LogP contribution in [0.3, 0.4) is 0 Å². The number of benzene rings is 2. The van der Waals surface area contributed by atoms with Crippen molar-refractivity contribution in [2.75, 3.05) is 7.05 Å². The van der Waals surface area contributed by atoms with E-state index >= 15 is 0 Å². The molecule has 106 valence electrons. The summed E-state index contributed by atoms with van der Waals surface area (Å²) in [6.45, 7) is 0.461. The van der Waals surface area contributed by atoms with Crippen molar-refractivity contribution < 1.29 is 4.79 Å². The van der Waals surface area contributed by atoms with Gasteiger partial charge in [-0.3, -0.25) is 9.89 Å². The summed E-state index contributed by atoms with van der Waals surface area (Å²) in [5.74, 6) is -0.0650. The molecule has 1 heterocycles. The predicted molar refractivity (Wildman–Crippen MR) is 83.3 cm³/mol. The molecule has 0 fully saturated rings. The van der Waals surface area contributed by atoms with Crippen LogP contribution in [0.5, 0.6) is 0 Å². The van der Waals surface area contributed by atoms with Crippen LogP contribution in [0.15, 0.2) is 48.7 Å². The number of para-hydroxylation sites is 1. The molecule has 0 radical (unpaired) electrons. The molecule has 3 aromatic rings. The second-order valence-electron chi connectivity index (χ2n) is 4.89. The van der Waals surface area contributed by atoms with Gasteiger partial charge < -0.3 is 4.90 Å². The van der Waals surface area contributed by atoms with Gasteiger partial charge in [-0.05, 0) is 17.7 Å². The number of halogens is 1. The fourth-order valence-electron chi connectivity index (χ4n) is 2.31. The lowest BCUT2D eigenvalue weighted by atomic mass is 10.1. The van der Waals surface area contributed by atoms with E-state index in [1.54, 1.807) is 24.2 Å². The minimum atomic E-state index is -0.0650. The van der Waals surface area contributed by atoms with Gasteiger partial charge in [0.05, 0.1) is 17.3 Å². The quantitative estimate of drug-likeness (QED) is 0.805. The fourth-order valence-corrected chi connectivity index (χ4v) is 2.50. The van der Waals surface area contributed by atoms with E-state index in [1.165, 1.54) is 0 Å². The van der Waals surface area contributed by atoms with Gasteiger partial charge in [0.2, 0.25) is 0 Å². The van der Waals surface area contributed by atoms with Gasteiger partial charge in [0.1, 0.15) is 0 Å². The first-order valence-corrected chi connectivity index (χ1v) is 6.95. The Morgan fingerprint density at radius 3 is 2.86 bits per heavy atom. The van der Waals surface area contributed by atoms with Crippen molar-refractivity contribution in [3.05, 3.63) is 64.8 Å². The molecule has 5 heteroatoms. The zero-order chi connectivity index (χ0) is 14.8. The molecule has 1 amide bonds. The standard InChI is InChI=1S/C16H14ClN3O/c1-20(10-12-5-2-3-8-14(12)17)16(21)13-7-4-6-11-9-18-19-15(11)13/h2-9H,10H2,1H3,(H,18,19). The summed E-state index contributed by atoms with van der Waals surface area (Å²) in [7, 11) is 1.76. The smallest absolute Gasteiger partial charge is 0.256 e. The summed E-state index contributed by atoms with van der Waals surface area (Å²) in [4.78, 5) is 14.3. The third-order valence-corrected chi connectivity index (χ3v) is 3.79. The zero-order valence-corrected chi connectivity index (χ0v) is 12.3. The van der Waals surface area contributed by atoms with Crippen LogP contribution in [-0.4, -0.2) is 28.1 Å². The lowest BCUT2D eigenvalue weighted by Gasteiger charge is -2.18. The first-order valence-electron chi connectivity index (χ1n) is 6.58. The molecule has 0 atom stereocenters. The van der Waals surface area contributed by atoms with Crippen LogP contribution in [0.1, 0.15) is 15.9 Å². The predicted octanol–water partition coefficient (Wildman–Crippen LogP) is 3.49. The average molecular weight is 300 g/mol. The van der Waals surface area contributed by atoms with Crippen molar-refractivity contribution in [1.82, 2.24) is 15.1 Å². The average Bonchev–Trinajstić information content (AvgIpc) is 2.97. The van der Waals surface area contributed by atoms with Crippen LogP contribution in [0.25, 0.3) is 10.9 Å². The van der Waals surface area contributed by atoms with Gasteiger partial charge in [-0.1, -0.05) is 41.9 Å². The van der Waals surface area contributed by atoms with Crippen LogP contribution in [-0.2, 0) is 6.54 Å². The molecule has 0 saturated heterocycles. The van der Waals surface area contributed by atoms with Crippen LogP contribution in [0.4, 0.5) is 0 Å². The molecule has 0 bridgehead atoms. The number of nitrogens with zero attached hydrogens (tertiary/aromatic N) is 2. The number of nitrogens with one attached hydrogen (secondary N) is 1. The van der Waals surface area contributed by atoms with Crippen molar-refractivity contribution in [3.63, 3.8) is 0 Å². The Morgan fingerprint density at radius 1 is 1.24 bits per heavy atom. The van der Waals surface area contributed by atoms with Gasteiger partial charge in [-0.25, -0.2) is 0 Å². The van der Waals surface area contributed by atoms with E-state index in [4.69, 9.17) is 11.6 Å². The van der Waals surface area contributed by atoms with E-state index in [2.05, 4.69) is 10.2 Å². The van der Waals surface area contributed by atoms with E-state index < -0.39 is 0 Å². The molecule has 21 heavy (non-hydrogen) atoms. The lowest BCUT2D eigenvalue weighted by Crippen LogP contribution is -2.26. The third-order valence-electron chi connectivity index (χ3n) is 3.42. The monoisotopic (exact) mass is 299 g/mol. The maximum atomic E-state index is 12.6. The van der Waals surface area contributed by atoms with Crippen molar-refractivity contribution >= 4 is 28.4 Å². The Bertz CT molecular complexity index is 797. The SMILES string of the molecule is CN(Cc1ccccc1Cl)C(=O)c1cccc2cn[nH]c12. The van der Waals surface area contributed by atoms with E-state index in [0.717, 1.165) is 16.5 Å². The van der Waals surface area contributed by atoms with Crippen LogP contribution >= 0.6 is 11.6 Å². The highest BCUT2D eigenvalue weighted by atomic mass is 35.5. The second kappa shape index (κ2) is 5.58. The summed E-state index contributed by atoms with van der Waals surface area (Å²) >= 11 is 6.14. The highest BCUT2D eigenvalue weighted by Gasteiger charge is 2.16. The number of aromatic amines is 1. The van der Waals surface area contributed by atoms with Gasteiger partial charge >= 0.3 is 0 Å². The number of aromatic nitrogens is 2. The molecule has 3 rings (SSSR count). The molecular formula is C16H14ClN3O. The molecule has 1 N–H and O–H groups in total. The number of H-pyrrole nitrogens is 1. The van der Waals surface area contributed by atoms with E-state index in [9.17, 15) is 4.79 Å². The fraction of sp³-hybridized carbons (Fsp3) is 0.125. The largest absolute Gasteiger partial charge is 0.337 e. The maximum Gasteiger partial charge on any atom is 0.256 e. The molecule has 0 aliphatic heterocycles. The Hall–Kier alpha value is -2.33. The van der Waals surface area contributed by atoms with E-state index in [-0.39, 0.29) is 5.91 Å². The van der Waals surface area contributed by atoms with Gasteiger partial charge in [-0.15, -0.1) is 0 Å². The first-order chi connectivity index (χ1) is 10.2. The Morgan fingerprint density at radius 2 is 2.05 bits per heavy atom. The molecule has 0 saturated carbocycles. The van der Waals surface area contributed by atoms with Crippen LogP contribution in [0, 0.1) is 0 Å². The minimum absolute atomic E-state index is 0.0650. The van der Waals surface area contributed by atoms with Gasteiger partial charge in [-0.2, -0.15) is 5.10 Å². The first kappa shape index (κ1) is 13.6. The zero-order valence-electron chi connectivity index (χ0n) is 11.5. The minimum Gasteiger partial charge on any atom is -0.337 e. The molecule has 1 aromatic heterocycles. The number of rotatable bonds is 3. The maximum absolute atomic E-state index is 12.6. The molecule has 4 nitrogen and oxygen atoms in total. The number of carbonyl (C=O) groups excluding carboxylic acids is 1. The molecule has 0 spiro atoms. The number of carbonyl (C=O) groups is 1. The number of hydrogen-bond donors (Lipinski definition) is 1. The summed E-state index contributed by atoms with van der Waals surface area (Å²) in [6, 6.07) is 13.1. The lowest BCUT2D eigenvalue weighted by molar-refractivity contribution is 0.0787. The molecule has 2 aromatic carbocycles. The Labute approximate surface area is 127 Å². The molecule has 0 aliphatic rings. The summed E-state index contributed by atoms with van der Waals surface area (Å²) in [5, 5.41) is 8.45. The molecule has 0 unspecified atom stereocenters. The van der Waals surface area contributed by atoms with Gasteiger partial charge in [0.15, 0.2) is 0 Å². The summed E-state index contributed by atoms with van der Waals surface area (Å²) in [6.07, 6.45) is 1.71. The number of fused-ring (bicyclic) bond motifs is 1. The van der Waals surface area contributed by atoms with E-state index in [0.29, 0.717) is 17.1 Å². The van der Waals surface area contributed by atoms with Crippen LogP contribution < -0.4 is 0 Å². The van der Waals surface area contributed by atoms with Gasteiger partial charge in [0, 0.05) is 24.0 Å². The summed E-state index contributed by atoms with van der Waals surface area (Å²) in [5.41, 5.74) is 2.29. The summed E-state index contributed by atoms with van der Waals surface area (Å²) < 4.78 is 0. The second-order valence-corrected chi connectivity index (χ2v) is 5.30. The van der Waals surface area contributed by atoms with Crippen molar-refractivity contribution in [1.29, 1.82) is 0 Å². The Kier molecular flexibility index (Phi) is 3.62. The number of hydrogen-bond acceptors (Lipinski definition) is 2. The normalized spacial score (nSPS) is 10.8. The van der Waals surface area contributed by atoms with Crippen molar-refractivity contribution in [2.45, 2.75) is 6.54 Å². The van der Waals surface area contributed by atoms with Crippen molar-refractivity contribution in [2.24, 2.45) is 0 Å². The topological polar surface area (TPSA) is 49.0 Å². The highest BCUT2D eigenvalue weighted by molar-refractivity contribution is 6.31. The van der Waals surface area contributed by atoms with Crippen LogP contribution in [0.2, 0.25) is 5.02 Å². The Balaban J connectivity index is 1.88. The van der Waals surface area contributed by atoms with Crippen molar-refractivity contribution in [3.8, 4) is 0 Å². The highest BCUT2D eigenvalue weighted by Crippen LogP contribution is 2.20. The van der Waals surface area contributed by atoms with E-state index in [1.807, 2.05) is 36.4 Å². The van der Waals surface area contributed by atoms with Gasteiger partial charge in [0.25, 0.3) is 5.91 Å².